The molecule has 1 saturated heterocycles. The van der Waals surface area contributed by atoms with Crippen molar-refractivity contribution in [2.24, 2.45) is 0 Å². The number of carbonyl (C=O) groups is 1. The summed E-state index contributed by atoms with van der Waals surface area (Å²) in [7, 11) is 0. The molecule has 1 aliphatic rings. The number of hydrogen-bond acceptors (Lipinski definition) is 5. The number of nitro benzene ring substituents is 1. The molecule has 0 aliphatic carbocycles. The lowest BCUT2D eigenvalue weighted by Crippen LogP contribution is -2.48. The average Bonchev–Trinajstić information content (AvgIpc) is 2.46. The van der Waals surface area contributed by atoms with Crippen molar-refractivity contribution < 1.29 is 9.72 Å². The number of nitrogens with zero attached hydrogens (tertiary/aromatic N) is 3. The minimum Gasteiger partial charge on any atom is -0.369 e. The smallest absolute Gasteiger partial charge is 0.282 e. The van der Waals surface area contributed by atoms with Crippen LogP contribution in [0.25, 0.3) is 0 Å². The van der Waals surface area contributed by atoms with Gasteiger partial charge < -0.3 is 4.90 Å². The van der Waals surface area contributed by atoms with Gasteiger partial charge in [0.1, 0.15) is 0 Å². The molecule has 0 N–H and O–H groups in total. The Hall–Kier alpha value is -1.95. The van der Waals surface area contributed by atoms with Crippen molar-refractivity contribution in [2.45, 2.75) is 26.8 Å². The quantitative estimate of drug-likeness (QED) is 0.484. The third-order valence-corrected chi connectivity index (χ3v) is 3.97. The Balaban J connectivity index is 2.20. The number of nitro groups is 1. The molecule has 1 fully saturated rings. The topological polar surface area (TPSA) is 66.7 Å². The monoisotopic (exact) mass is 291 g/mol. The van der Waals surface area contributed by atoms with Crippen LogP contribution in [0.2, 0.25) is 0 Å². The summed E-state index contributed by atoms with van der Waals surface area (Å²) in [6.45, 7) is 9.26. The van der Waals surface area contributed by atoms with Crippen molar-refractivity contribution in [3.63, 3.8) is 0 Å². The average molecular weight is 291 g/mol. The van der Waals surface area contributed by atoms with Crippen LogP contribution >= 0.6 is 0 Å². The Morgan fingerprint density at radius 2 is 1.86 bits per heavy atom. The molecule has 6 heteroatoms. The summed E-state index contributed by atoms with van der Waals surface area (Å²) in [6.07, 6.45) is 0. The molecule has 1 heterocycles. The summed E-state index contributed by atoms with van der Waals surface area (Å²) in [5, 5.41) is 11.1. The van der Waals surface area contributed by atoms with Gasteiger partial charge in [0.25, 0.3) is 5.69 Å². The standard InChI is InChI=1S/C15H21N3O3/c1-11(2)16-6-8-17(9-7-16)13-4-5-14(12(3)19)15(10-13)18(20)21/h4-5,10-11H,6-9H2,1-3H3. The zero-order valence-electron chi connectivity index (χ0n) is 12.7. The van der Waals surface area contributed by atoms with Gasteiger partial charge in [-0.2, -0.15) is 0 Å². The van der Waals surface area contributed by atoms with E-state index in [2.05, 4.69) is 23.6 Å². The fourth-order valence-electron chi connectivity index (χ4n) is 2.66. The number of ketones is 1. The summed E-state index contributed by atoms with van der Waals surface area (Å²) in [5.41, 5.74) is 0.881. The second-order valence-corrected chi connectivity index (χ2v) is 5.63. The highest BCUT2D eigenvalue weighted by Gasteiger charge is 2.23. The van der Waals surface area contributed by atoms with Gasteiger partial charge in [-0.15, -0.1) is 0 Å². The van der Waals surface area contributed by atoms with Gasteiger partial charge in [0.15, 0.2) is 5.78 Å². The van der Waals surface area contributed by atoms with Crippen LogP contribution in [0.4, 0.5) is 11.4 Å². The SMILES string of the molecule is CC(=O)c1ccc(N2CCN(C(C)C)CC2)cc1[N+](=O)[O-]. The van der Waals surface area contributed by atoms with Crippen LogP contribution in [0.1, 0.15) is 31.1 Å². The molecule has 1 aromatic carbocycles. The van der Waals surface area contributed by atoms with E-state index >= 15 is 0 Å². The maximum absolute atomic E-state index is 11.5. The number of carbonyl (C=O) groups excluding carboxylic acids is 1. The number of anilines is 1. The Kier molecular flexibility index (Phi) is 4.57. The zero-order valence-corrected chi connectivity index (χ0v) is 12.7. The fraction of sp³-hybridized carbons (Fsp3) is 0.533. The van der Waals surface area contributed by atoms with Crippen LogP contribution in [0.5, 0.6) is 0 Å². The van der Waals surface area contributed by atoms with E-state index in [4.69, 9.17) is 0 Å². The normalized spacial score (nSPS) is 16.3. The van der Waals surface area contributed by atoms with Crippen LogP contribution in [-0.4, -0.2) is 47.8 Å². The van der Waals surface area contributed by atoms with Crippen molar-refractivity contribution >= 4 is 17.2 Å². The predicted octanol–water partition coefficient (Wildman–Crippen LogP) is 2.33. The van der Waals surface area contributed by atoms with Crippen molar-refractivity contribution in [1.29, 1.82) is 0 Å². The molecule has 6 nitrogen and oxygen atoms in total. The van der Waals surface area contributed by atoms with Gasteiger partial charge in [-0.05, 0) is 32.9 Å². The second kappa shape index (κ2) is 6.22. The zero-order chi connectivity index (χ0) is 15.6. The van der Waals surface area contributed by atoms with Gasteiger partial charge in [-0.3, -0.25) is 19.8 Å². The first-order valence-electron chi connectivity index (χ1n) is 7.18. The first kappa shape index (κ1) is 15.4. The summed E-state index contributed by atoms with van der Waals surface area (Å²) in [6, 6.07) is 5.39. The molecule has 0 unspecified atom stereocenters. The van der Waals surface area contributed by atoms with E-state index in [0.717, 1.165) is 31.9 Å². The lowest BCUT2D eigenvalue weighted by Gasteiger charge is -2.38. The number of Topliss-reactive ketones (excluding diaryl/α,β-unsaturated/α-hetero) is 1. The van der Waals surface area contributed by atoms with Crippen molar-refractivity contribution in [3.8, 4) is 0 Å². The molecule has 114 valence electrons. The number of hydrogen-bond donors (Lipinski definition) is 0. The van der Waals surface area contributed by atoms with Gasteiger partial charge in [-0.25, -0.2) is 0 Å². The highest BCUT2D eigenvalue weighted by atomic mass is 16.6. The van der Waals surface area contributed by atoms with E-state index in [1.807, 2.05) is 0 Å². The van der Waals surface area contributed by atoms with Gasteiger partial charge in [0.05, 0.1) is 10.5 Å². The molecule has 0 spiro atoms. The molecular weight excluding hydrogens is 270 g/mol. The summed E-state index contributed by atoms with van der Waals surface area (Å²) in [5.74, 6) is -0.280. The largest absolute Gasteiger partial charge is 0.369 e. The molecule has 2 rings (SSSR count). The van der Waals surface area contributed by atoms with E-state index in [1.54, 1.807) is 12.1 Å². The molecule has 1 aromatic rings. The van der Waals surface area contributed by atoms with Crippen LogP contribution in [0.3, 0.4) is 0 Å². The number of benzene rings is 1. The maximum Gasteiger partial charge on any atom is 0.282 e. The first-order chi connectivity index (χ1) is 9.90. The van der Waals surface area contributed by atoms with Crippen molar-refractivity contribution in [2.75, 3.05) is 31.1 Å². The van der Waals surface area contributed by atoms with Gasteiger partial charge >= 0.3 is 0 Å². The molecule has 0 saturated carbocycles. The molecule has 0 bridgehead atoms. The van der Waals surface area contributed by atoms with Crippen LogP contribution < -0.4 is 4.90 Å². The number of piperazine rings is 1. The first-order valence-corrected chi connectivity index (χ1v) is 7.18. The summed E-state index contributed by atoms with van der Waals surface area (Å²) < 4.78 is 0. The molecule has 21 heavy (non-hydrogen) atoms. The molecule has 0 radical (unpaired) electrons. The van der Waals surface area contributed by atoms with Crippen LogP contribution in [-0.2, 0) is 0 Å². The minimum atomic E-state index is -0.482. The Morgan fingerprint density at radius 1 is 1.24 bits per heavy atom. The highest BCUT2D eigenvalue weighted by Crippen LogP contribution is 2.27. The van der Waals surface area contributed by atoms with Crippen molar-refractivity contribution in [1.82, 2.24) is 4.90 Å². The Morgan fingerprint density at radius 3 is 2.33 bits per heavy atom. The van der Waals surface area contributed by atoms with Gasteiger partial charge in [0, 0.05) is 44.0 Å². The van der Waals surface area contributed by atoms with E-state index in [1.165, 1.54) is 13.0 Å². The van der Waals surface area contributed by atoms with Gasteiger partial charge in [-0.1, -0.05) is 0 Å². The predicted molar refractivity (Wildman–Crippen MR) is 82.0 cm³/mol. The molecule has 0 aromatic heterocycles. The maximum atomic E-state index is 11.5. The second-order valence-electron chi connectivity index (χ2n) is 5.63. The fourth-order valence-corrected chi connectivity index (χ4v) is 2.66. The van der Waals surface area contributed by atoms with E-state index in [-0.39, 0.29) is 17.0 Å². The third-order valence-electron chi connectivity index (χ3n) is 3.97. The van der Waals surface area contributed by atoms with Gasteiger partial charge in [0.2, 0.25) is 0 Å². The Bertz CT molecular complexity index is 549. The van der Waals surface area contributed by atoms with E-state index in [9.17, 15) is 14.9 Å². The van der Waals surface area contributed by atoms with E-state index < -0.39 is 4.92 Å². The van der Waals surface area contributed by atoms with Crippen LogP contribution in [0.15, 0.2) is 18.2 Å². The molecule has 0 atom stereocenters. The Labute approximate surface area is 124 Å². The van der Waals surface area contributed by atoms with Crippen molar-refractivity contribution in [3.05, 3.63) is 33.9 Å². The lowest BCUT2D eigenvalue weighted by atomic mass is 10.1. The summed E-state index contributed by atoms with van der Waals surface area (Å²) in [4.78, 5) is 26.6. The van der Waals surface area contributed by atoms with E-state index in [0.29, 0.717) is 6.04 Å². The third kappa shape index (κ3) is 3.39. The lowest BCUT2D eigenvalue weighted by molar-refractivity contribution is -0.385. The van der Waals surface area contributed by atoms with Crippen LogP contribution in [0, 0.1) is 10.1 Å². The molecular formula is C15H21N3O3. The molecule has 0 amide bonds. The molecule has 1 aliphatic heterocycles. The highest BCUT2D eigenvalue weighted by molar-refractivity contribution is 5.98. The minimum absolute atomic E-state index is 0.105. The summed E-state index contributed by atoms with van der Waals surface area (Å²) >= 11 is 0. The number of rotatable bonds is 4.